The van der Waals surface area contributed by atoms with Crippen LogP contribution in [-0.2, 0) is 14.4 Å². The van der Waals surface area contributed by atoms with Crippen molar-refractivity contribution in [1.29, 1.82) is 0 Å². The van der Waals surface area contributed by atoms with Crippen LogP contribution in [0.4, 0.5) is 5.13 Å². The van der Waals surface area contributed by atoms with E-state index in [2.05, 4.69) is 10.3 Å². The Balaban J connectivity index is 1.76. The number of anilines is 1. The Morgan fingerprint density at radius 2 is 1.60 bits per heavy atom. The van der Waals surface area contributed by atoms with Crippen molar-refractivity contribution in [1.82, 2.24) is 15.9 Å². The summed E-state index contributed by atoms with van der Waals surface area (Å²) < 4.78 is 0. The monoisotopic (exact) mass is 432 g/mol. The molecule has 0 aliphatic carbocycles. The minimum Gasteiger partial charge on any atom is -0.302 e. The minimum atomic E-state index is -0.604. The maximum atomic E-state index is 12.0. The number of nitrogens with one attached hydrogen (secondary N) is 3. The molecule has 0 radical (unpaired) electrons. The molecule has 0 saturated carbocycles. The Morgan fingerprint density at radius 3 is 2.23 bits per heavy atom. The van der Waals surface area contributed by atoms with Crippen molar-refractivity contribution in [3.63, 3.8) is 0 Å². The number of unbranched alkanes of at least 4 members (excludes halogenated alkanes) is 3. The van der Waals surface area contributed by atoms with Crippen LogP contribution < -0.4 is 16.3 Å². The number of aromatic nitrogens is 1. The largest absolute Gasteiger partial charge is 0.302 e. The normalized spacial score (nSPS) is 10.7. The summed E-state index contributed by atoms with van der Waals surface area (Å²) in [5, 5.41) is 22.0. The molecule has 2 aromatic rings. The number of hydrogen-bond acceptors (Lipinski definition) is 7. The van der Waals surface area contributed by atoms with E-state index in [1.165, 1.54) is 22.9 Å². The molecule has 160 valence electrons. The van der Waals surface area contributed by atoms with Crippen LogP contribution in [0, 0.1) is 0 Å². The molecule has 1 aromatic heterocycles. The number of carbonyl (C=O) groups excluding carboxylic acids is 3. The lowest BCUT2D eigenvalue weighted by Crippen LogP contribution is -2.17. The van der Waals surface area contributed by atoms with E-state index < -0.39 is 11.8 Å². The first kappa shape index (κ1) is 23.2. The Morgan fingerprint density at radius 1 is 0.933 bits per heavy atom. The Bertz CT molecular complexity index is 880. The molecule has 1 aromatic carbocycles. The van der Waals surface area contributed by atoms with Crippen LogP contribution in [0.25, 0.3) is 17.3 Å². The zero-order valence-electron chi connectivity index (χ0n) is 16.3. The van der Waals surface area contributed by atoms with Crippen molar-refractivity contribution in [2.24, 2.45) is 0 Å². The van der Waals surface area contributed by atoms with Crippen molar-refractivity contribution in [2.45, 2.75) is 38.5 Å². The van der Waals surface area contributed by atoms with Gasteiger partial charge in [-0.2, -0.15) is 0 Å². The number of amides is 3. The Labute approximate surface area is 177 Å². The molecule has 5 N–H and O–H groups in total. The van der Waals surface area contributed by atoms with Crippen molar-refractivity contribution in [3.05, 3.63) is 41.3 Å². The van der Waals surface area contributed by atoms with E-state index in [1.807, 2.05) is 29.6 Å². The predicted molar refractivity (Wildman–Crippen MR) is 113 cm³/mol. The number of carbonyl (C=O) groups is 3. The third kappa shape index (κ3) is 8.11. The van der Waals surface area contributed by atoms with Crippen LogP contribution in [-0.4, -0.2) is 33.1 Å². The predicted octanol–water partition coefficient (Wildman–Crippen LogP) is 3.11. The second-order valence-electron chi connectivity index (χ2n) is 6.47. The smallest absolute Gasteiger partial charge is 0.267 e. The Hall–Kier alpha value is -3.08. The third-order valence-corrected chi connectivity index (χ3v) is 4.93. The molecular weight excluding hydrogens is 408 g/mol. The highest BCUT2D eigenvalue weighted by atomic mass is 32.1. The summed E-state index contributed by atoms with van der Waals surface area (Å²) in [4.78, 5) is 38.4. The van der Waals surface area contributed by atoms with Gasteiger partial charge in [-0.25, -0.2) is 15.9 Å². The summed E-state index contributed by atoms with van der Waals surface area (Å²) in [7, 11) is 0. The lowest BCUT2D eigenvalue weighted by molar-refractivity contribution is -0.129. The standard InChI is InChI=1S/C20H24N4O5S/c25-17(5-3-1-2-4-6-18(26)23-28)22-20-21-16(13-30-20)15-10-7-14(8-11-15)9-12-19(27)24-29/h7-13,28-29H,1-6H2,(H,23,26)(H,24,27)(H,21,22,25). The molecule has 0 fully saturated rings. The van der Waals surface area contributed by atoms with Gasteiger partial charge in [-0.3, -0.25) is 24.8 Å². The van der Waals surface area contributed by atoms with Crippen LogP contribution in [0.2, 0.25) is 0 Å². The van der Waals surface area contributed by atoms with E-state index >= 15 is 0 Å². The van der Waals surface area contributed by atoms with Gasteiger partial charge >= 0.3 is 0 Å². The van der Waals surface area contributed by atoms with Crippen LogP contribution in [0.1, 0.15) is 44.1 Å². The minimum absolute atomic E-state index is 0.105. The first-order valence-corrected chi connectivity index (χ1v) is 10.3. The van der Waals surface area contributed by atoms with E-state index in [4.69, 9.17) is 10.4 Å². The van der Waals surface area contributed by atoms with E-state index in [1.54, 1.807) is 11.6 Å². The molecule has 9 nitrogen and oxygen atoms in total. The molecule has 0 atom stereocenters. The number of thiazole rings is 1. The second-order valence-corrected chi connectivity index (χ2v) is 7.32. The summed E-state index contributed by atoms with van der Waals surface area (Å²) in [6.45, 7) is 0. The highest BCUT2D eigenvalue weighted by molar-refractivity contribution is 7.14. The van der Waals surface area contributed by atoms with Gasteiger partial charge in [-0.15, -0.1) is 11.3 Å². The quantitative estimate of drug-likeness (QED) is 0.160. The zero-order chi connectivity index (χ0) is 21.8. The molecule has 0 aliphatic heterocycles. The fourth-order valence-electron chi connectivity index (χ4n) is 2.60. The summed E-state index contributed by atoms with van der Waals surface area (Å²) in [6, 6.07) is 7.35. The van der Waals surface area contributed by atoms with Crippen LogP contribution in [0.5, 0.6) is 0 Å². The number of rotatable bonds is 11. The molecular formula is C20H24N4O5S. The van der Waals surface area contributed by atoms with Gasteiger partial charge in [0.2, 0.25) is 11.8 Å². The average molecular weight is 433 g/mol. The van der Waals surface area contributed by atoms with Gasteiger partial charge in [-0.1, -0.05) is 37.1 Å². The number of benzene rings is 1. The molecule has 0 bridgehead atoms. The number of hydrogen-bond donors (Lipinski definition) is 5. The maximum absolute atomic E-state index is 12.0. The van der Waals surface area contributed by atoms with Gasteiger partial charge in [-0.05, 0) is 24.5 Å². The van der Waals surface area contributed by atoms with Crippen LogP contribution in [0.3, 0.4) is 0 Å². The molecule has 0 unspecified atom stereocenters. The van der Waals surface area contributed by atoms with Gasteiger partial charge in [0, 0.05) is 29.9 Å². The zero-order valence-corrected chi connectivity index (χ0v) is 17.1. The molecule has 3 amide bonds. The Kier molecular flexibility index (Phi) is 9.65. The van der Waals surface area contributed by atoms with E-state index in [-0.39, 0.29) is 12.3 Å². The summed E-state index contributed by atoms with van der Waals surface area (Å²) in [5.74, 6) is -1.10. The van der Waals surface area contributed by atoms with Gasteiger partial charge in [0.15, 0.2) is 5.13 Å². The van der Waals surface area contributed by atoms with E-state index in [9.17, 15) is 14.4 Å². The lowest BCUT2D eigenvalue weighted by Gasteiger charge is -2.02. The highest BCUT2D eigenvalue weighted by Crippen LogP contribution is 2.25. The molecule has 1 heterocycles. The van der Waals surface area contributed by atoms with Crippen molar-refractivity contribution in [3.8, 4) is 11.3 Å². The van der Waals surface area contributed by atoms with Gasteiger partial charge in [0.05, 0.1) is 5.69 Å². The van der Waals surface area contributed by atoms with Crippen LogP contribution >= 0.6 is 11.3 Å². The number of hydroxylamine groups is 2. The van der Waals surface area contributed by atoms with Gasteiger partial charge in [0.25, 0.3) is 5.91 Å². The fourth-order valence-corrected chi connectivity index (χ4v) is 3.34. The van der Waals surface area contributed by atoms with Crippen molar-refractivity contribution >= 4 is 40.3 Å². The van der Waals surface area contributed by atoms with E-state index in [0.717, 1.165) is 29.7 Å². The number of nitrogens with zero attached hydrogens (tertiary/aromatic N) is 1. The topological polar surface area (TPSA) is 141 Å². The first-order chi connectivity index (χ1) is 14.5. The molecule has 2 rings (SSSR count). The van der Waals surface area contributed by atoms with E-state index in [0.29, 0.717) is 24.4 Å². The average Bonchev–Trinajstić information content (AvgIpc) is 3.22. The molecule has 0 spiro atoms. The second kappa shape index (κ2) is 12.5. The molecule has 30 heavy (non-hydrogen) atoms. The third-order valence-electron chi connectivity index (χ3n) is 4.18. The van der Waals surface area contributed by atoms with Crippen LogP contribution in [0.15, 0.2) is 35.7 Å². The van der Waals surface area contributed by atoms with Crippen molar-refractivity contribution in [2.75, 3.05) is 5.32 Å². The first-order valence-electron chi connectivity index (χ1n) is 9.42. The highest BCUT2D eigenvalue weighted by Gasteiger charge is 2.08. The molecule has 0 saturated heterocycles. The summed E-state index contributed by atoms with van der Waals surface area (Å²) in [5.41, 5.74) is 5.53. The van der Waals surface area contributed by atoms with Gasteiger partial charge in [0.1, 0.15) is 0 Å². The van der Waals surface area contributed by atoms with Gasteiger partial charge < -0.3 is 5.32 Å². The summed E-state index contributed by atoms with van der Waals surface area (Å²) in [6.07, 6.45) is 6.49. The summed E-state index contributed by atoms with van der Waals surface area (Å²) >= 11 is 1.34. The van der Waals surface area contributed by atoms with Crippen molar-refractivity contribution < 1.29 is 24.8 Å². The molecule has 10 heteroatoms. The molecule has 0 aliphatic rings. The SMILES string of the molecule is O=C(C=Cc1ccc(-c2csc(NC(=O)CCCCCCC(=O)NO)n2)cc1)NO. The lowest BCUT2D eigenvalue weighted by atomic mass is 10.1. The fraction of sp³-hybridized carbons (Fsp3) is 0.300. The maximum Gasteiger partial charge on any atom is 0.267 e.